The molecule has 0 atom stereocenters. The zero-order valence-corrected chi connectivity index (χ0v) is 17.8. The van der Waals surface area contributed by atoms with Gasteiger partial charge in [0.15, 0.2) is 5.16 Å². The van der Waals surface area contributed by atoms with E-state index >= 15 is 0 Å². The van der Waals surface area contributed by atoms with Crippen LogP contribution in [-0.4, -0.2) is 36.2 Å². The average molecular weight is 435 g/mol. The molecule has 2 N–H and O–H groups in total. The lowest BCUT2D eigenvalue weighted by atomic mass is 10.2. The van der Waals surface area contributed by atoms with Gasteiger partial charge in [-0.3, -0.25) is 9.36 Å². The lowest BCUT2D eigenvalue weighted by Gasteiger charge is -2.09. The number of aromatic amines is 1. The smallest absolute Gasteiger partial charge is 0.310 e. The van der Waals surface area contributed by atoms with Crippen LogP contribution >= 0.6 is 11.8 Å². The van der Waals surface area contributed by atoms with E-state index in [9.17, 15) is 9.59 Å². The number of hydrogen-bond donors (Lipinski definition) is 2. The second kappa shape index (κ2) is 9.48. The van der Waals surface area contributed by atoms with Crippen molar-refractivity contribution in [1.29, 1.82) is 0 Å². The van der Waals surface area contributed by atoms with E-state index in [0.717, 1.165) is 23.4 Å². The van der Waals surface area contributed by atoms with Gasteiger partial charge in [-0.05, 0) is 18.6 Å². The third-order valence-electron chi connectivity index (χ3n) is 4.55. The number of nitrogens with zero attached hydrogens (tertiary/aromatic N) is 4. The number of carbonyl (C=O) groups excluding carboxylic acids is 1. The highest BCUT2D eigenvalue weighted by Gasteiger charge is 2.15. The summed E-state index contributed by atoms with van der Waals surface area (Å²) in [7, 11) is 0. The van der Waals surface area contributed by atoms with E-state index in [1.807, 2.05) is 73.7 Å². The fourth-order valence-electron chi connectivity index (χ4n) is 3.13. The third-order valence-corrected chi connectivity index (χ3v) is 5.53. The molecule has 0 fully saturated rings. The second-order valence-corrected chi connectivity index (χ2v) is 7.77. The molecule has 0 aliphatic rings. The van der Waals surface area contributed by atoms with Gasteiger partial charge in [0.2, 0.25) is 5.91 Å². The first-order valence-electron chi connectivity index (χ1n) is 9.94. The van der Waals surface area contributed by atoms with E-state index < -0.39 is 0 Å². The molecule has 8 nitrogen and oxygen atoms in total. The quantitative estimate of drug-likeness (QED) is 0.413. The van der Waals surface area contributed by atoms with E-state index in [1.165, 1.54) is 11.8 Å². The SMILES string of the molecule is CCCn1c(SCC(=O)Nc2cc(-c3ccccc3)nn2-c2ccccc2)n[nH]c1=O. The summed E-state index contributed by atoms with van der Waals surface area (Å²) in [6.07, 6.45) is 0.803. The van der Waals surface area contributed by atoms with Crippen LogP contribution in [0.2, 0.25) is 0 Å². The first kappa shape index (κ1) is 20.7. The van der Waals surface area contributed by atoms with Crippen molar-refractivity contribution in [2.75, 3.05) is 11.1 Å². The summed E-state index contributed by atoms with van der Waals surface area (Å²) in [4.78, 5) is 24.5. The van der Waals surface area contributed by atoms with Gasteiger partial charge in [0.1, 0.15) is 5.82 Å². The molecule has 0 unspecified atom stereocenters. The van der Waals surface area contributed by atoms with Gasteiger partial charge in [-0.15, -0.1) is 5.10 Å². The number of anilines is 1. The number of thioether (sulfide) groups is 1. The van der Waals surface area contributed by atoms with Crippen LogP contribution in [0.15, 0.2) is 76.7 Å². The Morgan fingerprint density at radius 1 is 1.10 bits per heavy atom. The van der Waals surface area contributed by atoms with Crippen molar-refractivity contribution in [3.05, 3.63) is 77.2 Å². The second-order valence-electron chi connectivity index (χ2n) is 6.83. The Labute approximate surface area is 183 Å². The van der Waals surface area contributed by atoms with Crippen molar-refractivity contribution in [2.24, 2.45) is 0 Å². The number of nitrogens with one attached hydrogen (secondary N) is 2. The minimum Gasteiger partial charge on any atom is -0.310 e. The van der Waals surface area contributed by atoms with Crippen LogP contribution in [-0.2, 0) is 11.3 Å². The Kier molecular flexibility index (Phi) is 6.32. The van der Waals surface area contributed by atoms with Crippen LogP contribution in [0.1, 0.15) is 13.3 Å². The molecule has 2 aromatic heterocycles. The molecule has 0 aliphatic heterocycles. The number of hydrogen-bond acceptors (Lipinski definition) is 5. The van der Waals surface area contributed by atoms with Crippen molar-refractivity contribution in [1.82, 2.24) is 24.5 Å². The van der Waals surface area contributed by atoms with Crippen LogP contribution in [0.4, 0.5) is 5.82 Å². The molecular formula is C22H22N6O2S. The molecule has 4 aromatic rings. The first-order chi connectivity index (χ1) is 15.2. The molecule has 4 rings (SSSR count). The van der Waals surface area contributed by atoms with E-state index in [2.05, 4.69) is 15.5 Å². The average Bonchev–Trinajstić information content (AvgIpc) is 3.38. The van der Waals surface area contributed by atoms with Gasteiger partial charge in [-0.25, -0.2) is 14.6 Å². The van der Waals surface area contributed by atoms with Crippen LogP contribution < -0.4 is 11.0 Å². The van der Waals surface area contributed by atoms with E-state index in [4.69, 9.17) is 5.10 Å². The van der Waals surface area contributed by atoms with Gasteiger partial charge in [0.25, 0.3) is 0 Å². The Hall–Kier alpha value is -3.59. The zero-order valence-electron chi connectivity index (χ0n) is 17.0. The molecule has 0 saturated heterocycles. The molecule has 9 heteroatoms. The molecule has 2 heterocycles. The number of benzene rings is 2. The van der Waals surface area contributed by atoms with Gasteiger partial charge in [-0.1, -0.05) is 67.2 Å². The Morgan fingerprint density at radius 3 is 2.52 bits per heavy atom. The Bertz CT molecular complexity index is 1210. The Morgan fingerprint density at radius 2 is 1.81 bits per heavy atom. The monoisotopic (exact) mass is 434 g/mol. The highest BCUT2D eigenvalue weighted by Crippen LogP contribution is 2.25. The summed E-state index contributed by atoms with van der Waals surface area (Å²) >= 11 is 1.22. The molecule has 0 bridgehead atoms. The van der Waals surface area contributed by atoms with Crippen molar-refractivity contribution >= 4 is 23.5 Å². The molecular weight excluding hydrogens is 412 g/mol. The van der Waals surface area contributed by atoms with Crippen molar-refractivity contribution in [3.63, 3.8) is 0 Å². The van der Waals surface area contributed by atoms with Crippen LogP contribution in [0.25, 0.3) is 16.9 Å². The minimum absolute atomic E-state index is 0.120. The number of amides is 1. The number of para-hydroxylation sites is 1. The minimum atomic E-state index is -0.264. The maximum absolute atomic E-state index is 12.7. The highest BCUT2D eigenvalue weighted by molar-refractivity contribution is 7.99. The lowest BCUT2D eigenvalue weighted by Crippen LogP contribution is -2.19. The number of rotatable bonds is 8. The summed E-state index contributed by atoms with van der Waals surface area (Å²) in [6.45, 7) is 2.54. The fraction of sp³-hybridized carbons (Fsp3) is 0.182. The number of carbonyl (C=O) groups is 1. The summed E-state index contributed by atoms with van der Waals surface area (Å²) < 4.78 is 3.26. The fourth-order valence-corrected chi connectivity index (χ4v) is 3.90. The summed E-state index contributed by atoms with van der Waals surface area (Å²) in [5.41, 5.74) is 2.30. The largest absolute Gasteiger partial charge is 0.343 e. The normalized spacial score (nSPS) is 10.9. The molecule has 31 heavy (non-hydrogen) atoms. The van der Waals surface area contributed by atoms with Crippen molar-refractivity contribution in [2.45, 2.75) is 25.0 Å². The zero-order chi connectivity index (χ0) is 21.6. The van der Waals surface area contributed by atoms with Gasteiger partial charge in [0.05, 0.1) is 17.1 Å². The predicted octanol–water partition coefficient (Wildman–Crippen LogP) is 3.56. The van der Waals surface area contributed by atoms with Crippen molar-refractivity contribution in [3.8, 4) is 16.9 Å². The molecule has 0 spiro atoms. The van der Waals surface area contributed by atoms with E-state index in [-0.39, 0.29) is 17.3 Å². The van der Waals surface area contributed by atoms with Crippen LogP contribution in [0.3, 0.4) is 0 Å². The maximum atomic E-state index is 12.7. The number of aromatic nitrogens is 5. The Balaban J connectivity index is 1.55. The standard InChI is InChI=1S/C22H22N6O2S/c1-2-13-27-21(30)24-25-22(27)31-15-20(29)23-19-14-18(16-9-5-3-6-10-16)26-28(19)17-11-7-4-8-12-17/h3-12,14H,2,13,15H2,1H3,(H,23,29)(H,24,30). The van der Waals surface area contributed by atoms with Crippen LogP contribution in [0, 0.1) is 0 Å². The van der Waals surface area contributed by atoms with Crippen LogP contribution in [0.5, 0.6) is 0 Å². The number of H-pyrrole nitrogens is 1. The summed E-state index contributed by atoms with van der Waals surface area (Å²) in [5.74, 6) is 0.484. The van der Waals surface area contributed by atoms with Gasteiger partial charge in [-0.2, -0.15) is 5.10 Å². The maximum Gasteiger partial charge on any atom is 0.343 e. The molecule has 158 valence electrons. The summed E-state index contributed by atoms with van der Waals surface area (Å²) in [5, 5.41) is 14.6. The van der Waals surface area contributed by atoms with E-state index in [0.29, 0.717) is 17.5 Å². The topological polar surface area (TPSA) is 97.6 Å². The molecule has 0 aliphatic carbocycles. The molecule has 1 amide bonds. The highest BCUT2D eigenvalue weighted by atomic mass is 32.2. The molecule has 0 saturated carbocycles. The molecule has 0 radical (unpaired) electrons. The van der Waals surface area contributed by atoms with Gasteiger partial charge < -0.3 is 5.32 Å². The molecule has 2 aromatic carbocycles. The lowest BCUT2D eigenvalue weighted by molar-refractivity contribution is -0.113. The van der Waals surface area contributed by atoms with E-state index in [1.54, 1.807) is 9.25 Å². The van der Waals surface area contributed by atoms with Crippen molar-refractivity contribution < 1.29 is 4.79 Å². The third kappa shape index (κ3) is 4.77. The van der Waals surface area contributed by atoms with Gasteiger partial charge in [0, 0.05) is 18.2 Å². The summed E-state index contributed by atoms with van der Waals surface area (Å²) in [6, 6.07) is 21.3. The van der Waals surface area contributed by atoms with Gasteiger partial charge >= 0.3 is 5.69 Å². The first-order valence-corrected chi connectivity index (χ1v) is 10.9. The predicted molar refractivity (Wildman–Crippen MR) is 121 cm³/mol.